The van der Waals surface area contributed by atoms with Gasteiger partial charge < -0.3 is 9.47 Å². The van der Waals surface area contributed by atoms with Crippen LogP contribution in [0.25, 0.3) is 0 Å². The Hall–Kier alpha value is -1.99. The van der Waals surface area contributed by atoms with Crippen molar-refractivity contribution in [2.75, 3.05) is 6.79 Å². The standard InChI is InChI=1S/C15H12F2O4S/c16-12-1-3-14(4-2-12)22(18,19)8-11-6-13(17)5-10-7-20-9-21-15(10)11/h1-6H,7-9H2. The fraction of sp³-hybridized carbons (Fsp3) is 0.200. The third kappa shape index (κ3) is 2.95. The van der Waals surface area contributed by atoms with Gasteiger partial charge in [0.25, 0.3) is 0 Å². The molecule has 0 saturated heterocycles. The SMILES string of the molecule is O=S(=O)(Cc1cc(F)cc2c1OCOC2)c1ccc(F)cc1. The Balaban J connectivity index is 1.99. The summed E-state index contributed by atoms with van der Waals surface area (Å²) in [7, 11) is -3.73. The van der Waals surface area contributed by atoms with Crippen molar-refractivity contribution in [3.63, 3.8) is 0 Å². The van der Waals surface area contributed by atoms with E-state index in [9.17, 15) is 17.2 Å². The molecule has 0 fully saturated rings. The van der Waals surface area contributed by atoms with Crippen molar-refractivity contribution in [3.05, 3.63) is 59.2 Å². The molecule has 0 spiro atoms. The van der Waals surface area contributed by atoms with Crippen LogP contribution in [0.5, 0.6) is 5.75 Å². The molecule has 3 rings (SSSR count). The van der Waals surface area contributed by atoms with Gasteiger partial charge in [-0.3, -0.25) is 0 Å². The molecule has 1 aliphatic rings. The molecule has 116 valence electrons. The molecule has 0 radical (unpaired) electrons. The van der Waals surface area contributed by atoms with Crippen molar-refractivity contribution in [2.45, 2.75) is 17.3 Å². The first-order valence-electron chi connectivity index (χ1n) is 6.46. The molecule has 0 amide bonds. The van der Waals surface area contributed by atoms with Crippen LogP contribution >= 0.6 is 0 Å². The highest BCUT2D eigenvalue weighted by Crippen LogP contribution is 2.32. The van der Waals surface area contributed by atoms with Crippen LogP contribution in [0.4, 0.5) is 8.78 Å². The molecule has 0 atom stereocenters. The second-order valence-corrected chi connectivity index (χ2v) is 6.87. The molecular formula is C15H12F2O4S. The molecule has 1 aliphatic heterocycles. The number of ether oxygens (including phenoxy) is 2. The van der Waals surface area contributed by atoms with E-state index in [4.69, 9.17) is 9.47 Å². The summed E-state index contributed by atoms with van der Waals surface area (Å²) in [5.74, 6) is -1.18. The normalized spacial score (nSPS) is 14.3. The molecule has 0 N–H and O–H groups in total. The number of rotatable bonds is 3. The second-order valence-electron chi connectivity index (χ2n) is 4.88. The molecule has 0 unspecified atom stereocenters. The predicted octanol–water partition coefficient (Wildman–Crippen LogP) is 2.81. The lowest BCUT2D eigenvalue weighted by molar-refractivity contribution is -0.0171. The van der Waals surface area contributed by atoms with E-state index in [2.05, 4.69) is 0 Å². The van der Waals surface area contributed by atoms with Gasteiger partial charge in [0, 0.05) is 11.1 Å². The van der Waals surface area contributed by atoms with E-state index in [-0.39, 0.29) is 23.9 Å². The lowest BCUT2D eigenvalue weighted by Crippen LogP contribution is -2.15. The number of halogens is 2. The second kappa shape index (κ2) is 5.66. The van der Waals surface area contributed by atoms with E-state index >= 15 is 0 Å². The van der Waals surface area contributed by atoms with Crippen LogP contribution in [0.3, 0.4) is 0 Å². The lowest BCUT2D eigenvalue weighted by Gasteiger charge is -2.20. The zero-order chi connectivity index (χ0) is 15.7. The van der Waals surface area contributed by atoms with Gasteiger partial charge >= 0.3 is 0 Å². The molecule has 0 aromatic heterocycles. The first kappa shape index (κ1) is 14.9. The van der Waals surface area contributed by atoms with Gasteiger partial charge in [0.2, 0.25) is 0 Å². The molecular weight excluding hydrogens is 314 g/mol. The van der Waals surface area contributed by atoms with Crippen LogP contribution in [-0.4, -0.2) is 15.2 Å². The Morgan fingerprint density at radius 1 is 1.05 bits per heavy atom. The molecule has 0 saturated carbocycles. The van der Waals surface area contributed by atoms with Gasteiger partial charge in [-0.15, -0.1) is 0 Å². The van der Waals surface area contributed by atoms with E-state index < -0.39 is 27.2 Å². The maximum absolute atomic E-state index is 13.6. The first-order valence-corrected chi connectivity index (χ1v) is 8.11. The van der Waals surface area contributed by atoms with Crippen LogP contribution in [0.2, 0.25) is 0 Å². The predicted molar refractivity (Wildman–Crippen MR) is 74.0 cm³/mol. The van der Waals surface area contributed by atoms with Crippen LogP contribution < -0.4 is 4.74 Å². The average molecular weight is 326 g/mol. The highest BCUT2D eigenvalue weighted by atomic mass is 32.2. The quantitative estimate of drug-likeness (QED) is 0.814. The largest absolute Gasteiger partial charge is 0.467 e. The van der Waals surface area contributed by atoms with Crippen molar-refractivity contribution >= 4 is 9.84 Å². The summed E-state index contributed by atoms with van der Waals surface area (Å²) in [6, 6.07) is 6.88. The maximum Gasteiger partial charge on any atom is 0.189 e. The fourth-order valence-corrected chi connectivity index (χ4v) is 3.64. The Morgan fingerprint density at radius 2 is 1.77 bits per heavy atom. The monoisotopic (exact) mass is 326 g/mol. The van der Waals surface area contributed by atoms with E-state index in [0.29, 0.717) is 11.3 Å². The Kier molecular flexibility index (Phi) is 3.84. The molecule has 2 aromatic carbocycles. The van der Waals surface area contributed by atoms with Crippen molar-refractivity contribution in [1.82, 2.24) is 0 Å². The summed E-state index contributed by atoms with van der Waals surface area (Å²) in [6.45, 7) is 0.152. The number of fused-ring (bicyclic) bond motifs is 1. The third-order valence-corrected chi connectivity index (χ3v) is 4.95. The van der Waals surface area contributed by atoms with Crippen LogP contribution in [0, 0.1) is 11.6 Å². The summed E-state index contributed by atoms with van der Waals surface area (Å²) in [5.41, 5.74) is 0.693. The Bertz CT molecular complexity index is 801. The molecule has 0 aliphatic carbocycles. The minimum atomic E-state index is -3.73. The van der Waals surface area contributed by atoms with Gasteiger partial charge in [-0.2, -0.15) is 0 Å². The zero-order valence-corrected chi connectivity index (χ0v) is 12.2. The van der Waals surface area contributed by atoms with Crippen molar-refractivity contribution in [1.29, 1.82) is 0 Å². The van der Waals surface area contributed by atoms with E-state index in [1.165, 1.54) is 18.2 Å². The van der Waals surface area contributed by atoms with Crippen molar-refractivity contribution in [2.24, 2.45) is 0 Å². The minimum absolute atomic E-state index is 0.0117. The van der Waals surface area contributed by atoms with Gasteiger partial charge in [-0.1, -0.05) is 0 Å². The maximum atomic E-state index is 13.6. The van der Waals surface area contributed by atoms with E-state index in [0.717, 1.165) is 18.2 Å². The topological polar surface area (TPSA) is 52.6 Å². The number of hydrogen-bond acceptors (Lipinski definition) is 4. The average Bonchev–Trinajstić information content (AvgIpc) is 2.47. The van der Waals surface area contributed by atoms with Crippen LogP contribution in [-0.2, 0) is 26.9 Å². The molecule has 4 nitrogen and oxygen atoms in total. The van der Waals surface area contributed by atoms with Gasteiger partial charge in [-0.05, 0) is 36.4 Å². The Morgan fingerprint density at radius 3 is 2.50 bits per heavy atom. The van der Waals surface area contributed by atoms with E-state index in [1.807, 2.05) is 0 Å². The third-order valence-electron chi connectivity index (χ3n) is 3.27. The molecule has 22 heavy (non-hydrogen) atoms. The summed E-state index contributed by atoms with van der Waals surface area (Å²) in [5, 5.41) is 0. The summed E-state index contributed by atoms with van der Waals surface area (Å²) in [4.78, 5) is -0.0287. The summed E-state index contributed by atoms with van der Waals surface area (Å²) in [6.07, 6.45) is 0. The zero-order valence-electron chi connectivity index (χ0n) is 11.4. The van der Waals surface area contributed by atoms with Gasteiger partial charge in [0.1, 0.15) is 17.4 Å². The van der Waals surface area contributed by atoms with Crippen molar-refractivity contribution < 1.29 is 26.7 Å². The van der Waals surface area contributed by atoms with E-state index in [1.54, 1.807) is 0 Å². The molecule has 0 bridgehead atoms. The van der Waals surface area contributed by atoms with Gasteiger partial charge in [0.05, 0.1) is 17.3 Å². The lowest BCUT2D eigenvalue weighted by atomic mass is 10.1. The molecule has 2 aromatic rings. The summed E-state index contributed by atoms with van der Waals surface area (Å²) < 4.78 is 61.6. The highest BCUT2D eigenvalue weighted by molar-refractivity contribution is 7.90. The smallest absolute Gasteiger partial charge is 0.189 e. The summed E-state index contributed by atoms with van der Waals surface area (Å²) >= 11 is 0. The molecule has 1 heterocycles. The number of benzene rings is 2. The van der Waals surface area contributed by atoms with Crippen LogP contribution in [0.1, 0.15) is 11.1 Å². The van der Waals surface area contributed by atoms with Crippen LogP contribution in [0.15, 0.2) is 41.3 Å². The Labute approximate surface area is 126 Å². The minimum Gasteiger partial charge on any atom is -0.467 e. The number of sulfone groups is 1. The molecule has 7 heteroatoms. The van der Waals surface area contributed by atoms with Crippen molar-refractivity contribution in [3.8, 4) is 5.75 Å². The first-order chi connectivity index (χ1) is 10.5. The fourth-order valence-electron chi connectivity index (χ4n) is 2.29. The van der Waals surface area contributed by atoms with Gasteiger partial charge in [-0.25, -0.2) is 17.2 Å². The highest BCUT2D eigenvalue weighted by Gasteiger charge is 2.23. The number of hydrogen-bond donors (Lipinski definition) is 0. The van der Waals surface area contributed by atoms with Gasteiger partial charge in [0.15, 0.2) is 16.6 Å².